The summed E-state index contributed by atoms with van der Waals surface area (Å²) in [6.07, 6.45) is 3.97. The minimum Gasteiger partial charge on any atom is -0.326 e. The lowest BCUT2D eigenvalue weighted by Gasteiger charge is -2.23. The van der Waals surface area contributed by atoms with E-state index < -0.39 is 0 Å². The summed E-state index contributed by atoms with van der Waals surface area (Å²) in [5.41, 5.74) is 11.7. The first kappa shape index (κ1) is 5.69. The van der Waals surface area contributed by atoms with E-state index in [1.165, 1.54) is 19.3 Å². The summed E-state index contributed by atoms with van der Waals surface area (Å²) in [5.74, 6) is 1.54. The maximum absolute atomic E-state index is 5.84. The molecule has 2 aliphatic carbocycles. The molecule has 52 valence electrons. The Morgan fingerprint density at radius 3 is 1.56 bits per heavy atom. The second-order valence-corrected chi connectivity index (χ2v) is 3.49. The third-order valence-corrected chi connectivity index (χ3v) is 3.05. The molecule has 0 spiro atoms. The maximum atomic E-state index is 5.84. The highest BCUT2D eigenvalue weighted by Crippen LogP contribution is 2.42. The SMILES string of the molecule is NC1C2CCC(C2)C1N. The standard InChI is InChI=1S/C7H14N2/c8-6-4-1-2-5(3-4)7(6)9/h4-7H,1-3,8-9H2. The van der Waals surface area contributed by atoms with Gasteiger partial charge < -0.3 is 11.5 Å². The third-order valence-electron chi connectivity index (χ3n) is 3.05. The van der Waals surface area contributed by atoms with Crippen LogP contribution in [-0.4, -0.2) is 12.1 Å². The molecule has 2 heteroatoms. The van der Waals surface area contributed by atoms with Gasteiger partial charge in [0.25, 0.3) is 0 Å². The van der Waals surface area contributed by atoms with E-state index in [4.69, 9.17) is 11.5 Å². The van der Waals surface area contributed by atoms with Gasteiger partial charge in [-0.15, -0.1) is 0 Å². The predicted octanol–water partition coefficient (Wildman–Crippen LogP) is 0.0709. The molecule has 0 saturated heterocycles. The molecule has 0 amide bonds. The van der Waals surface area contributed by atoms with Gasteiger partial charge in [-0.2, -0.15) is 0 Å². The highest BCUT2D eigenvalue weighted by atomic mass is 14.8. The van der Waals surface area contributed by atoms with Crippen LogP contribution >= 0.6 is 0 Å². The normalized spacial score (nSPS) is 56.7. The van der Waals surface area contributed by atoms with Crippen molar-refractivity contribution in [2.24, 2.45) is 23.3 Å². The first-order valence-electron chi connectivity index (χ1n) is 3.80. The van der Waals surface area contributed by atoms with Gasteiger partial charge in [0.15, 0.2) is 0 Å². The summed E-state index contributed by atoms with van der Waals surface area (Å²) in [4.78, 5) is 0. The molecule has 2 bridgehead atoms. The molecule has 0 aromatic heterocycles. The van der Waals surface area contributed by atoms with Gasteiger partial charge in [0, 0.05) is 12.1 Å². The molecule has 2 nitrogen and oxygen atoms in total. The summed E-state index contributed by atoms with van der Waals surface area (Å²) < 4.78 is 0. The van der Waals surface area contributed by atoms with E-state index >= 15 is 0 Å². The van der Waals surface area contributed by atoms with E-state index in [-0.39, 0.29) is 0 Å². The molecule has 0 aliphatic heterocycles. The van der Waals surface area contributed by atoms with E-state index in [2.05, 4.69) is 0 Å². The van der Waals surface area contributed by atoms with Crippen LogP contribution in [0.1, 0.15) is 19.3 Å². The van der Waals surface area contributed by atoms with E-state index in [1.807, 2.05) is 0 Å². The monoisotopic (exact) mass is 126 g/mol. The van der Waals surface area contributed by atoms with Crippen LogP contribution in [0.25, 0.3) is 0 Å². The number of hydrogen-bond donors (Lipinski definition) is 2. The Balaban J connectivity index is 2.15. The average molecular weight is 126 g/mol. The maximum Gasteiger partial charge on any atom is 0.0223 e. The number of fused-ring (bicyclic) bond motifs is 2. The molecule has 9 heavy (non-hydrogen) atoms. The summed E-state index contributed by atoms with van der Waals surface area (Å²) in [7, 11) is 0. The van der Waals surface area contributed by atoms with Crippen LogP contribution in [-0.2, 0) is 0 Å². The van der Waals surface area contributed by atoms with Gasteiger partial charge in [0.1, 0.15) is 0 Å². The fourth-order valence-electron chi connectivity index (χ4n) is 2.38. The van der Waals surface area contributed by atoms with Crippen LogP contribution in [0.3, 0.4) is 0 Å². The van der Waals surface area contributed by atoms with Crippen molar-refractivity contribution in [3.63, 3.8) is 0 Å². The topological polar surface area (TPSA) is 52.0 Å². The molecule has 4 atom stereocenters. The molecule has 2 saturated carbocycles. The van der Waals surface area contributed by atoms with Crippen molar-refractivity contribution >= 4 is 0 Å². The Kier molecular flexibility index (Phi) is 1.08. The first-order chi connectivity index (χ1) is 4.29. The van der Waals surface area contributed by atoms with Crippen LogP contribution in [0, 0.1) is 11.8 Å². The van der Waals surface area contributed by atoms with E-state index in [9.17, 15) is 0 Å². The summed E-state index contributed by atoms with van der Waals surface area (Å²) in [6, 6.07) is 0.646. The molecule has 2 rings (SSSR count). The molecule has 4 N–H and O–H groups in total. The predicted molar refractivity (Wildman–Crippen MR) is 36.8 cm³/mol. The average Bonchev–Trinajstić information content (AvgIpc) is 2.37. The molecule has 0 aromatic carbocycles. The molecule has 0 radical (unpaired) electrons. The third kappa shape index (κ3) is 0.634. The lowest BCUT2D eigenvalue weighted by atomic mass is 9.92. The van der Waals surface area contributed by atoms with Crippen molar-refractivity contribution < 1.29 is 0 Å². The van der Waals surface area contributed by atoms with Gasteiger partial charge in [-0.3, -0.25) is 0 Å². The van der Waals surface area contributed by atoms with Crippen LogP contribution in [0.15, 0.2) is 0 Å². The molecule has 0 heterocycles. The Morgan fingerprint density at radius 2 is 1.33 bits per heavy atom. The zero-order valence-electron chi connectivity index (χ0n) is 5.59. The number of nitrogens with two attached hydrogens (primary N) is 2. The van der Waals surface area contributed by atoms with Gasteiger partial charge in [0.05, 0.1) is 0 Å². The van der Waals surface area contributed by atoms with Gasteiger partial charge in [-0.1, -0.05) is 0 Å². The minimum atomic E-state index is 0.323. The van der Waals surface area contributed by atoms with Crippen molar-refractivity contribution in [2.75, 3.05) is 0 Å². The van der Waals surface area contributed by atoms with Gasteiger partial charge in [-0.05, 0) is 31.1 Å². The molecule has 0 aromatic rings. The molecular formula is C7H14N2. The van der Waals surface area contributed by atoms with Gasteiger partial charge in [-0.25, -0.2) is 0 Å². The quantitative estimate of drug-likeness (QED) is 0.482. The molecule has 4 unspecified atom stereocenters. The highest BCUT2D eigenvalue weighted by Gasteiger charge is 2.43. The zero-order valence-corrected chi connectivity index (χ0v) is 5.59. The smallest absolute Gasteiger partial charge is 0.0223 e. The Hall–Kier alpha value is -0.0800. The van der Waals surface area contributed by atoms with Gasteiger partial charge >= 0.3 is 0 Å². The Labute approximate surface area is 55.6 Å². The zero-order chi connectivity index (χ0) is 6.43. The summed E-state index contributed by atoms with van der Waals surface area (Å²) >= 11 is 0. The number of hydrogen-bond acceptors (Lipinski definition) is 2. The second kappa shape index (κ2) is 1.70. The second-order valence-electron chi connectivity index (χ2n) is 3.49. The summed E-state index contributed by atoms with van der Waals surface area (Å²) in [6.45, 7) is 0. The fourth-order valence-corrected chi connectivity index (χ4v) is 2.38. The lowest BCUT2D eigenvalue weighted by Crippen LogP contribution is -2.45. The molecular weight excluding hydrogens is 112 g/mol. The Bertz CT molecular complexity index is 106. The van der Waals surface area contributed by atoms with E-state index in [0.29, 0.717) is 12.1 Å². The van der Waals surface area contributed by atoms with Crippen LogP contribution in [0.5, 0.6) is 0 Å². The Morgan fingerprint density at radius 1 is 0.889 bits per heavy atom. The minimum absolute atomic E-state index is 0.323. The van der Waals surface area contributed by atoms with Crippen LogP contribution < -0.4 is 11.5 Å². The highest BCUT2D eigenvalue weighted by molar-refractivity contribution is 5.01. The first-order valence-corrected chi connectivity index (χ1v) is 3.80. The molecule has 2 fully saturated rings. The lowest BCUT2D eigenvalue weighted by molar-refractivity contribution is 0.365. The molecule has 2 aliphatic rings. The van der Waals surface area contributed by atoms with Crippen LogP contribution in [0.2, 0.25) is 0 Å². The summed E-state index contributed by atoms with van der Waals surface area (Å²) in [5, 5.41) is 0. The van der Waals surface area contributed by atoms with E-state index in [0.717, 1.165) is 11.8 Å². The van der Waals surface area contributed by atoms with Crippen molar-refractivity contribution in [3.05, 3.63) is 0 Å². The number of rotatable bonds is 0. The largest absolute Gasteiger partial charge is 0.326 e. The fraction of sp³-hybridized carbons (Fsp3) is 1.00. The van der Waals surface area contributed by atoms with Crippen molar-refractivity contribution in [1.82, 2.24) is 0 Å². The van der Waals surface area contributed by atoms with E-state index in [1.54, 1.807) is 0 Å². The van der Waals surface area contributed by atoms with Crippen molar-refractivity contribution in [2.45, 2.75) is 31.3 Å². The van der Waals surface area contributed by atoms with Crippen molar-refractivity contribution in [1.29, 1.82) is 0 Å². The van der Waals surface area contributed by atoms with Crippen LogP contribution in [0.4, 0.5) is 0 Å². The van der Waals surface area contributed by atoms with Crippen molar-refractivity contribution in [3.8, 4) is 0 Å². The van der Waals surface area contributed by atoms with Gasteiger partial charge in [0.2, 0.25) is 0 Å².